The van der Waals surface area contributed by atoms with Crippen LogP contribution in [0.25, 0.3) is 0 Å². The molecular formula is C36H45FN2O4SSi. The number of benzene rings is 4. The summed E-state index contributed by atoms with van der Waals surface area (Å²) in [5, 5.41) is 3.76. The molecule has 2 N–H and O–H groups in total. The van der Waals surface area contributed by atoms with Gasteiger partial charge in [0, 0.05) is 18.3 Å². The number of nitrogens with one attached hydrogen (secondary N) is 2. The molecule has 45 heavy (non-hydrogen) atoms. The van der Waals surface area contributed by atoms with Crippen LogP contribution in [0.2, 0.25) is 18.1 Å². The Morgan fingerprint density at radius 2 is 1.44 bits per heavy atom. The van der Waals surface area contributed by atoms with E-state index in [1.807, 2.05) is 72.8 Å². The third-order valence-electron chi connectivity index (χ3n) is 8.32. The molecule has 9 heteroatoms. The quantitative estimate of drug-likeness (QED) is 0.112. The van der Waals surface area contributed by atoms with Gasteiger partial charge >= 0.3 is 0 Å². The first kappa shape index (κ1) is 34.4. The fraction of sp³-hybridized carbons (Fsp3) is 0.333. The summed E-state index contributed by atoms with van der Waals surface area (Å²) in [5.74, 6) is 0.517. The largest absolute Gasteiger partial charge is 0.489 e. The van der Waals surface area contributed by atoms with E-state index in [-0.39, 0.29) is 18.0 Å². The SMILES string of the molecule is CC[Si](CC)(CC)OC(CNC(Cc1ccc(F)cc1)c1ccc(OCc2ccccc2)cc1)c1cccc(NS(C)(=O)=O)c1. The minimum atomic E-state index is -3.43. The van der Waals surface area contributed by atoms with E-state index in [1.54, 1.807) is 6.07 Å². The molecule has 0 radical (unpaired) electrons. The lowest BCUT2D eigenvalue weighted by Crippen LogP contribution is -2.40. The lowest BCUT2D eigenvalue weighted by Gasteiger charge is -2.35. The van der Waals surface area contributed by atoms with Crippen LogP contribution in [0.5, 0.6) is 5.75 Å². The lowest BCUT2D eigenvalue weighted by molar-refractivity contribution is 0.181. The van der Waals surface area contributed by atoms with E-state index in [0.29, 0.717) is 25.3 Å². The van der Waals surface area contributed by atoms with Crippen LogP contribution < -0.4 is 14.8 Å². The third kappa shape index (κ3) is 10.5. The summed E-state index contributed by atoms with van der Waals surface area (Å²) in [4.78, 5) is 0. The molecule has 0 saturated carbocycles. The Bertz CT molecular complexity index is 1570. The van der Waals surface area contributed by atoms with Crippen molar-refractivity contribution in [2.75, 3.05) is 17.5 Å². The average molecular weight is 649 g/mol. The monoisotopic (exact) mass is 648 g/mol. The van der Waals surface area contributed by atoms with E-state index >= 15 is 0 Å². The van der Waals surface area contributed by atoms with Gasteiger partial charge in [-0.2, -0.15) is 0 Å². The van der Waals surface area contributed by atoms with Gasteiger partial charge in [-0.15, -0.1) is 0 Å². The number of halogens is 1. The average Bonchev–Trinajstić information content (AvgIpc) is 3.04. The van der Waals surface area contributed by atoms with Crippen molar-refractivity contribution >= 4 is 24.0 Å². The highest BCUT2D eigenvalue weighted by atomic mass is 32.2. The Balaban J connectivity index is 1.60. The number of anilines is 1. The Kier molecular flexibility index (Phi) is 12.4. The van der Waals surface area contributed by atoms with Crippen LogP contribution in [0.3, 0.4) is 0 Å². The summed E-state index contributed by atoms with van der Waals surface area (Å²) in [6, 6.07) is 35.1. The van der Waals surface area contributed by atoms with E-state index in [2.05, 4.69) is 42.9 Å². The highest BCUT2D eigenvalue weighted by Crippen LogP contribution is 2.32. The van der Waals surface area contributed by atoms with Crippen LogP contribution in [0.4, 0.5) is 10.1 Å². The molecule has 2 unspecified atom stereocenters. The molecule has 0 aliphatic carbocycles. The van der Waals surface area contributed by atoms with Crippen molar-refractivity contribution in [1.82, 2.24) is 5.32 Å². The van der Waals surface area contributed by atoms with E-state index < -0.39 is 18.3 Å². The van der Waals surface area contributed by atoms with E-state index in [4.69, 9.17) is 9.16 Å². The molecule has 0 aliphatic rings. The minimum Gasteiger partial charge on any atom is -0.489 e. The van der Waals surface area contributed by atoms with E-state index in [9.17, 15) is 12.8 Å². The normalized spacial score (nSPS) is 13.3. The molecule has 0 bridgehead atoms. The second-order valence-electron chi connectivity index (χ2n) is 11.5. The van der Waals surface area contributed by atoms with Crippen LogP contribution >= 0.6 is 0 Å². The summed E-state index contributed by atoms with van der Waals surface area (Å²) in [5.41, 5.74) is 4.60. The molecule has 4 aromatic rings. The summed E-state index contributed by atoms with van der Waals surface area (Å²) < 4.78 is 53.3. The van der Waals surface area contributed by atoms with Crippen molar-refractivity contribution < 1.29 is 22.0 Å². The highest BCUT2D eigenvalue weighted by molar-refractivity contribution is 7.92. The summed E-state index contributed by atoms with van der Waals surface area (Å²) in [7, 11) is -5.47. The second kappa shape index (κ2) is 16.2. The minimum absolute atomic E-state index is 0.0944. The number of ether oxygens (including phenoxy) is 1. The molecule has 0 spiro atoms. The van der Waals surface area contributed by atoms with Crippen LogP contribution in [-0.4, -0.2) is 29.5 Å². The van der Waals surface area contributed by atoms with Gasteiger partial charge in [0.15, 0.2) is 8.32 Å². The fourth-order valence-corrected chi connectivity index (χ4v) is 8.87. The molecule has 4 rings (SSSR count). The number of hydrogen-bond donors (Lipinski definition) is 2. The second-order valence-corrected chi connectivity index (χ2v) is 18.0. The van der Waals surface area contributed by atoms with Crippen molar-refractivity contribution in [3.63, 3.8) is 0 Å². The maximum absolute atomic E-state index is 13.7. The fourth-order valence-electron chi connectivity index (χ4n) is 5.50. The molecule has 6 nitrogen and oxygen atoms in total. The molecule has 240 valence electrons. The smallest absolute Gasteiger partial charge is 0.229 e. The molecule has 2 atom stereocenters. The van der Waals surface area contributed by atoms with Gasteiger partial charge in [0.25, 0.3) is 0 Å². The Labute approximate surface area is 269 Å². The molecule has 0 fully saturated rings. The van der Waals surface area contributed by atoms with E-state index in [1.165, 1.54) is 12.1 Å². The van der Waals surface area contributed by atoms with Crippen molar-refractivity contribution in [2.45, 2.75) is 64.1 Å². The van der Waals surface area contributed by atoms with Gasteiger partial charge in [-0.25, -0.2) is 12.8 Å². The van der Waals surface area contributed by atoms with Gasteiger partial charge in [-0.05, 0) is 83.2 Å². The number of sulfonamides is 1. The topological polar surface area (TPSA) is 76.7 Å². The molecule has 0 aromatic heterocycles. The first-order chi connectivity index (χ1) is 21.6. The Hall–Kier alpha value is -3.50. The zero-order chi connectivity index (χ0) is 32.3. The first-order valence-corrected chi connectivity index (χ1v) is 20.0. The van der Waals surface area contributed by atoms with Crippen molar-refractivity contribution in [3.8, 4) is 5.75 Å². The number of rotatable bonds is 17. The Morgan fingerprint density at radius 1 is 0.778 bits per heavy atom. The zero-order valence-corrected chi connectivity index (χ0v) is 28.4. The van der Waals surface area contributed by atoms with Crippen LogP contribution in [-0.2, 0) is 27.5 Å². The molecule has 0 aliphatic heterocycles. The van der Waals surface area contributed by atoms with Crippen molar-refractivity contribution in [3.05, 3.63) is 131 Å². The molecule has 0 saturated heterocycles. The predicted molar refractivity (Wildman–Crippen MR) is 184 cm³/mol. The van der Waals surface area contributed by atoms with Crippen LogP contribution in [0, 0.1) is 5.82 Å². The lowest BCUT2D eigenvalue weighted by atomic mass is 9.98. The molecule has 0 amide bonds. The summed E-state index contributed by atoms with van der Waals surface area (Å²) >= 11 is 0. The van der Waals surface area contributed by atoms with Gasteiger partial charge in [-0.1, -0.05) is 87.5 Å². The summed E-state index contributed by atoms with van der Waals surface area (Å²) in [6.45, 7) is 7.59. The van der Waals surface area contributed by atoms with Gasteiger partial charge in [0.05, 0.1) is 12.4 Å². The highest BCUT2D eigenvalue weighted by Gasteiger charge is 2.33. The maximum atomic E-state index is 13.7. The van der Waals surface area contributed by atoms with Crippen molar-refractivity contribution in [1.29, 1.82) is 0 Å². The van der Waals surface area contributed by atoms with Crippen molar-refractivity contribution in [2.24, 2.45) is 0 Å². The van der Waals surface area contributed by atoms with E-state index in [0.717, 1.165) is 52.4 Å². The molecule has 0 heterocycles. The van der Waals surface area contributed by atoms with Crippen LogP contribution in [0.1, 0.15) is 55.2 Å². The van der Waals surface area contributed by atoms with Gasteiger partial charge in [0.2, 0.25) is 10.0 Å². The van der Waals surface area contributed by atoms with Gasteiger partial charge < -0.3 is 14.5 Å². The summed E-state index contributed by atoms with van der Waals surface area (Å²) in [6.07, 6.45) is 1.50. The first-order valence-electron chi connectivity index (χ1n) is 15.6. The molecule has 4 aromatic carbocycles. The molecular weight excluding hydrogens is 604 g/mol. The predicted octanol–water partition coefficient (Wildman–Crippen LogP) is 8.41. The Morgan fingerprint density at radius 3 is 2.07 bits per heavy atom. The van der Waals surface area contributed by atoms with Gasteiger partial charge in [-0.3, -0.25) is 4.72 Å². The van der Waals surface area contributed by atoms with Crippen LogP contribution in [0.15, 0.2) is 103 Å². The van der Waals surface area contributed by atoms with Gasteiger partial charge in [0.1, 0.15) is 18.2 Å². The zero-order valence-electron chi connectivity index (χ0n) is 26.6. The maximum Gasteiger partial charge on any atom is 0.229 e. The third-order valence-corrected chi connectivity index (χ3v) is 13.6. The number of hydrogen-bond acceptors (Lipinski definition) is 5. The standard InChI is InChI=1S/C36H45FN2O4SSi/c1-5-45(6-2,7-3)43-36(31-14-11-15-33(25-31)39-44(4,40)41)26-38-35(24-28-16-20-32(37)21-17-28)30-18-22-34(23-19-30)42-27-29-12-9-8-10-13-29/h8-23,25,35-36,38-39H,5-7,24,26-27H2,1-4H3.